The van der Waals surface area contributed by atoms with E-state index in [1.54, 1.807) is 11.1 Å². The third-order valence-corrected chi connectivity index (χ3v) is 6.98. The number of carbonyl (C=O) groups excluding carboxylic acids is 2. The highest BCUT2D eigenvalue weighted by Crippen LogP contribution is 2.36. The number of thiophene rings is 1. The highest BCUT2D eigenvalue weighted by atomic mass is 32.1. The molecule has 7 heteroatoms. The summed E-state index contributed by atoms with van der Waals surface area (Å²) in [5, 5.41) is 4.32. The molecule has 3 rings (SSSR count). The predicted molar refractivity (Wildman–Crippen MR) is 132 cm³/mol. The number of nitrogens with zero attached hydrogens (tertiary/aromatic N) is 3. The van der Waals surface area contributed by atoms with Crippen molar-refractivity contribution in [1.82, 2.24) is 9.78 Å². The first-order valence-corrected chi connectivity index (χ1v) is 12.5. The molecule has 1 aliphatic carbocycles. The Balaban J connectivity index is 2.03. The van der Waals surface area contributed by atoms with E-state index in [0.717, 1.165) is 30.6 Å². The van der Waals surface area contributed by atoms with Crippen LogP contribution in [0, 0.1) is 29.1 Å². The van der Waals surface area contributed by atoms with Crippen molar-refractivity contribution in [2.24, 2.45) is 17.3 Å². The molecular weight excluding hydrogens is 434 g/mol. The third kappa shape index (κ3) is 6.48. The number of methoxy groups -OCH3 is 1. The van der Waals surface area contributed by atoms with Crippen LogP contribution in [0.5, 0.6) is 0 Å². The molecule has 1 saturated carbocycles. The number of carbonyl (C=O) groups is 2. The van der Waals surface area contributed by atoms with E-state index in [-0.39, 0.29) is 23.3 Å². The molecule has 0 saturated heterocycles. The van der Waals surface area contributed by atoms with Crippen LogP contribution in [0.1, 0.15) is 74.9 Å². The summed E-state index contributed by atoms with van der Waals surface area (Å²) in [7, 11) is 1.37. The second-order valence-corrected chi connectivity index (χ2v) is 11.1. The minimum Gasteiger partial charge on any atom is -0.465 e. The normalized spacial score (nSPS) is 19.3. The molecule has 2 heterocycles. The summed E-state index contributed by atoms with van der Waals surface area (Å²) in [5.41, 5.74) is 0.422. The number of anilines is 1. The lowest BCUT2D eigenvalue weighted by Gasteiger charge is -2.34. The number of amides is 1. The van der Waals surface area contributed by atoms with Crippen molar-refractivity contribution in [3.05, 3.63) is 34.3 Å². The average Bonchev–Trinajstić information content (AvgIpc) is 3.42. The van der Waals surface area contributed by atoms with E-state index in [1.807, 2.05) is 50.7 Å². The van der Waals surface area contributed by atoms with Gasteiger partial charge in [-0.3, -0.25) is 9.48 Å². The number of rotatable bonds is 6. The molecule has 2 aromatic rings. The Hall–Kier alpha value is -2.59. The van der Waals surface area contributed by atoms with Crippen LogP contribution in [0.15, 0.2) is 24.5 Å². The van der Waals surface area contributed by atoms with E-state index >= 15 is 0 Å². The molecule has 0 aromatic carbocycles. The van der Waals surface area contributed by atoms with Gasteiger partial charge in [0.1, 0.15) is 4.88 Å². The van der Waals surface area contributed by atoms with Gasteiger partial charge < -0.3 is 9.64 Å². The maximum absolute atomic E-state index is 13.9. The van der Waals surface area contributed by atoms with Crippen molar-refractivity contribution in [1.29, 1.82) is 0 Å². The molecule has 0 radical (unpaired) electrons. The second kappa shape index (κ2) is 10.6. The van der Waals surface area contributed by atoms with E-state index in [1.165, 1.54) is 18.4 Å². The molecule has 1 atom stereocenters. The van der Waals surface area contributed by atoms with Crippen molar-refractivity contribution in [3.63, 3.8) is 0 Å². The first-order chi connectivity index (χ1) is 15.6. The molecule has 0 N–H and O–H groups in total. The SMILES string of the molecule is COC(=O)c1sc(C#CC(C)(C)C)cc1N(C(=O)C1CCC(C)CC1)C(C)Cn1cccn1. The molecular formula is C26H35N3O3S. The van der Waals surface area contributed by atoms with Gasteiger partial charge in [0.05, 0.1) is 30.3 Å². The van der Waals surface area contributed by atoms with Gasteiger partial charge in [0.25, 0.3) is 0 Å². The highest BCUT2D eigenvalue weighted by molar-refractivity contribution is 7.15. The zero-order chi connectivity index (χ0) is 24.2. The molecule has 178 valence electrons. The summed E-state index contributed by atoms with van der Waals surface area (Å²) >= 11 is 1.29. The molecule has 1 fully saturated rings. The standard InChI is InChI=1S/C26H35N3O3S/c1-18-8-10-20(11-9-18)24(30)29(19(2)17-28-15-7-14-27-28)22-16-21(12-13-26(3,4)5)33-23(22)25(31)32-6/h7,14-16,18-20H,8-11,17H2,1-6H3. The van der Waals surface area contributed by atoms with Gasteiger partial charge in [-0.25, -0.2) is 4.79 Å². The summed E-state index contributed by atoms with van der Waals surface area (Å²) in [6, 6.07) is 3.54. The van der Waals surface area contributed by atoms with Gasteiger partial charge in [-0.15, -0.1) is 11.3 Å². The monoisotopic (exact) mass is 469 g/mol. The maximum atomic E-state index is 13.9. The van der Waals surface area contributed by atoms with Crippen LogP contribution in [0.25, 0.3) is 0 Å². The Morgan fingerprint density at radius 2 is 2.00 bits per heavy atom. The van der Waals surface area contributed by atoms with Gasteiger partial charge >= 0.3 is 5.97 Å². The van der Waals surface area contributed by atoms with Crippen LogP contribution < -0.4 is 4.90 Å². The smallest absolute Gasteiger partial charge is 0.350 e. The van der Waals surface area contributed by atoms with Crippen LogP contribution in [0.4, 0.5) is 5.69 Å². The van der Waals surface area contributed by atoms with Gasteiger partial charge in [-0.1, -0.05) is 18.8 Å². The molecule has 2 aromatic heterocycles. The summed E-state index contributed by atoms with van der Waals surface area (Å²) in [4.78, 5) is 29.6. The lowest BCUT2D eigenvalue weighted by Crippen LogP contribution is -2.45. The Morgan fingerprint density at radius 1 is 1.30 bits per heavy atom. The fourth-order valence-electron chi connectivity index (χ4n) is 4.15. The summed E-state index contributed by atoms with van der Waals surface area (Å²) in [6.07, 6.45) is 7.46. The molecule has 33 heavy (non-hydrogen) atoms. The Labute approximate surface area is 201 Å². The van der Waals surface area contributed by atoms with Crippen LogP contribution in [0.2, 0.25) is 0 Å². The molecule has 1 amide bonds. The van der Waals surface area contributed by atoms with E-state index in [4.69, 9.17) is 4.74 Å². The molecule has 1 aliphatic rings. The summed E-state index contributed by atoms with van der Waals surface area (Å²) in [5.74, 6) is 6.65. The van der Waals surface area contributed by atoms with Crippen LogP contribution in [0.3, 0.4) is 0 Å². The zero-order valence-corrected chi connectivity index (χ0v) is 21.4. The first kappa shape index (κ1) is 25.0. The minimum absolute atomic E-state index is 0.0456. The van der Waals surface area contributed by atoms with Crippen molar-refractivity contribution >= 4 is 28.9 Å². The first-order valence-electron chi connectivity index (χ1n) is 11.6. The van der Waals surface area contributed by atoms with Gasteiger partial charge in [0, 0.05) is 23.7 Å². The minimum atomic E-state index is -0.444. The molecule has 6 nitrogen and oxygen atoms in total. The maximum Gasteiger partial charge on any atom is 0.350 e. The van der Waals surface area contributed by atoms with Crippen LogP contribution >= 0.6 is 11.3 Å². The number of aromatic nitrogens is 2. The van der Waals surface area contributed by atoms with E-state index < -0.39 is 5.97 Å². The van der Waals surface area contributed by atoms with Gasteiger partial charge in [0.15, 0.2) is 0 Å². The van der Waals surface area contributed by atoms with Crippen molar-refractivity contribution in [3.8, 4) is 11.8 Å². The number of hydrogen-bond donors (Lipinski definition) is 0. The topological polar surface area (TPSA) is 64.4 Å². The fraction of sp³-hybridized carbons (Fsp3) is 0.577. The van der Waals surface area contributed by atoms with E-state index in [0.29, 0.717) is 23.0 Å². The lowest BCUT2D eigenvalue weighted by molar-refractivity contribution is -0.124. The Morgan fingerprint density at radius 3 is 2.58 bits per heavy atom. The third-order valence-electron chi connectivity index (χ3n) is 5.96. The van der Waals surface area contributed by atoms with E-state index in [9.17, 15) is 9.59 Å². The van der Waals surface area contributed by atoms with Crippen LogP contribution in [-0.4, -0.2) is 34.8 Å². The zero-order valence-electron chi connectivity index (χ0n) is 20.6. The number of esters is 1. The number of ether oxygens (including phenoxy) is 1. The van der Waals surface area contributed by atoms with Gasteiger partial charge in [0.2, 0.25) is 5.91 Å². The molecule has 0 bridgehead atoms. The fourth-order valence-corrected chi connectivity index (χ4v) is 5.07. The van der Waals surface area contributed by atoms with Crippen LogP contribution in [-0.2, 0) is 16.1 Å². The van der Waals surface area contributed by atoms with Crippen molar-refractivity contribution < 1.29 is 14.3 Å². The Kier molecular flexibility index (Phi) is 8.01. The predicted octanol–water partition coefficient (Wildman–Crippen LogP) is 5.38. The van der Waals surface area contributed by atoms with Crippen molar-refractivity contribution in [2.45, 2.75) is 72.9 Å². The van der Waals surface area contributed by atoms with Crippen molar-refractivity contribution in [2.75, 3.05) is 12.0 Å². The molecule has 0 spiro atoms. The number of hydrogen-bond acceptors (Lipinski definition) is 5. The highest BCUT2D eigenvalue weighted by Gasteiger charge is 2.35. The van der Waals surface area contributed by atoms with E-state index in [2.05, 4.69) is 23.9 Å². The Bertz CT molecular complexity index is 1020. The van der Waals surface area contributed by atoms with Gasteiger partial charge in [-0.05, 0) is 71.4 Å². The second-order valence-electron chi connectivity index (χ2n) is 10.1. The average molecular weight is 470 g/mol. The summed E-state index contributed by atoms with van der Waals surface area (Å²) in [6.45, 7) is 10.9. The largest absolute Gasteiger partial charge is 0.465 e. The summed E-state index contributed by atoms with van der Waals surface area (Å²) < 4.78 is 6.90. The molecule has 1 unspecified atom stereocenters. The quantitative estimate of drug-likeness (QED) is 0.421. The lowest BCUT2D eigenvalue weighted by atomic mass is 9.82. The van der Waals surface area contributed by atoms with Gasteiger partial charge in [-0.2, -0.15) is 5.10 Å². The molecule has 0 aliphatic heterocycles.